The summed E-state index contributed by atoms with van der Waals surface area (Å²) in [4.78, 5) is 19.1. The van der Waals surface area contributed by atoms with Gasteiger partial charge in [0.25, 0.3) is 0 Å². The minimum Gasteiger partial charge on any atom is -0.341 e. The summed E-state index contributed by atoms with van der Waals surface area (Å²) in [7, 11) is 1.79. The fourth-order valence-corrected chi connectivity index (χ4v) is 4.02. The standard InChI is InChI=1S/C28H24ClN5O2/c1-33(26(35)17-16-25-30-28(32-36-25)21-8-4-2-5-9-21)18-22-19-34(24-10-6-3-7-11-24)31-27(22)20-12-14-23(29)15-13-20/h2-15,19H,16-18H2,1H3. The van der Waals surface area contributed by atoms with Crippen molar-refractivity contribution in [2.24, 2.45) is 0 Å². The van der Waals surface area contributed by atoms with Crippen LogP contribution in [0.15, 0.2) is 95.6 Å². The van der Waals surface area contributed by atoms with E-state index in [-0.39, 0.29) is 12.3 Å². The predicted molar refractivity (Wildman–Crippen MR) is 139 cm³/mol. The van der Waals surface area contributed by atoms with Gasteiger partial charge < -0.3 is 9.42 Å². The molecule has 7 nitrogen and oxygen atoms in total. The number of hydrogen-bond donors (Lipinski definition) is 0. The molecule has 0 aliphatic heterocycles. The Kier molecular flexibility index (Phi) is 6.91. The van der Waals surface area contributed by atoms with Crippen molar-refractivity contribution in [2.75, 3.05) is 7.05 Å². The molecule has 2 heterocycles. The molecule has 36 heavy (non-hydrogen) atoms. The molecule has 8 heteroatoms. The number of aromatic nitrogens is 4. The Bertz CT molecular complexity index is 1450. The number of rotatable bonds is 8. The quantitative estimate of drug-likeness (QED) is 0.269. The molecule has 1 amide bonds. The van der Waals surface area contributed by atoms with E-state index < -0.39 is 0 Å². The first-order valence-electron chi connectivity index (χ1n) is 11.6. The lowest BCUT2D eigenvalue weighted by Crippen LogP contribution is -2.26. The fourth-order valence-electron chi connectivity index (χ4n) is 3.90. The molecule has 0 unspecified atom stereocenters. The van der Waals surface area contributed by atoms with Crippen LogP contribution in [0.3, 0.4) is 0 Å². The molecule has 5 aromatic rings. The van der Waals surface area contributed by atoms with Crippen LogP contribution in [0.1, 0.15) is 17.9 Å². The highest BCUT2D eigenvalue weighted by atomic mass is 35.5. The molecule has 2 aromatic heterocycles. The van der Waals surface area contributed by atoms with Gasteiger partial charge in [-0.25, -0.2) is 4.68 Å². The monoisotopic (exact) mass is 497 g/mol. The summed E-state index contributed by atoms with van der Waals surface area (Å²) < 4.78 is 7.18. The summed E-state index contributed by atoms with van der Waals surface area (Å²) >= 11 is 6.09. The third-order valence-corrected chi connectivity index (χ3v) is 6.07. The van der Waals surface area contributed by atoms with Gasteiger partial charge in [-0.05, 0) is 24.3 Å². The summed E-state index contributed by atoms with van der Waals surface area (Å²) in [5.74, 6) is 0.936. The second-order valence-electron chi connectivity index (χ2n) is 8.42. The maximum atomic E-state index is 13.0. The molecule has 0 saturated carbocycles. The van der Waals surface area contributed by atoms with E-state index in [2.05, 4.69) is 10.1 Å². The summed E-state index contributed by atoms with van der Waals surface area (Å²) in [5, 5.41) is 9.51. The average Bonchev–Trinajstić information content (AvgIpc) is 3.56. The Morgan fingerprint density at radius 3 is 2.36 bits per heavy atom. The van der Waals surface area contributed by atoms with Gasteiger partial charge in [-0.15, -0.1) is 0 Å². The number of aryl methyl sites for hydroxylation is 1. The van der Waals surface area contributed by atoms with Crippen LogP contribution in [-0.4, -0.2) is 37.8 Å². The van der Waals surface area contributed by atoms with E-state index in [1.165, 1.54) is 0 Å². The van der Waals surface area contributed by atoms with E-state index >= 15 is 0 Å². The first-order valence-corrected chi connectivity index (χ1v) is 12.0. The summed E-state index contributed by atoms with van der Waals surface area (Å²) in [6.45, 7) is 0.405. The van der Waals surface area contributed by atoms with Gasteiger partial charge in [-0.3, -0.25) is 4.79 Å². The summed E-state index contributed by atoms with van der Waals surface area (Å²) in [5.41, 5.74) is 4.49. The summed E-state index contributed by atoms with van der Waals surface area (Å²) in [6.07, 6.45) is 2.60. The smallest absolute Gasteiger partial charge is 0.227 e. The minimum absolute atomic E-state index is 0.0241. The van der Waals surface area contributed by atoms with Crippen LogP contribution in [0.25, 0.3) is 28.3 Å². The van der Waals surface area contributed by atoms with Gasteiger partial charge in [0.1, 0.15) is 0 Å². The second kappa shape index (κ2) is 10.6. The number of carbonyl (C=O) groups excluding carboxylic acids is 1. The lowest BCUT2D eigenvalue weighted by Gasteiger charge is -2.16. The van der Waals surface area contributed by atoms with Crippen LogP contribution in [-0.2, 0) is 17.8 Å². The molecular weight excluding hydrogens is 474 g/mol. The molecule has 0 fully saturated rings. The van der Waals surface area contributed by atoms with Crippen molar-refractivity contribution >= 4 is 17.5 Å². The van der Waals surface area contributed by atoms with Crippen molar-refractivity contribution in [1.29, 1.82) is 0 Å². The van der Waals surface area contributed by atoms with Crippen LogP contribution >= 0.6 is 11.6 Å². The fraction of sp³-hybridized carbons (Fsp3) is 0.143. The van der Waals surface area contributed by atoms with Crippen LogP contribution in [0.2, 0.25) is 5.02 Å². The minimum atomic E-state index is -0.0241. The largest absolute Gasteiger partial charge is 0.341 e. The predicted octanol–water partition coefficient (Wildman–Crippen LogP) is 5.83. The number of carbonyl (C=O) groups is 1. The van der Waals surface area contributed by atoms with Crippen LogP contribution in [0, 0.1) is 0 Å². The Balaban J connectivity index is 1.30. The highest BCUT2D eigenvalue weighted by molar-refractivity contribution is 6.30. The van der Waals surface area contributed by atoms with Crippen molar-refractivity contribution in [3.05, 3.63) is 108 Å². The molecule has 3 aromatic carbocycles. The van der Waals surface area contributed by atoms with Crippen molar-refractivity contribution in [3.8, 4) is 28.3 Å². The topological polar surface area (TPSA) is 77.1 Å². The SMILES string of the molecule is CN(Cc1cn(-c2ccccc2)nc1-c1ccc(Cl)cc1)C(=O)CCc1nc(-c2ccccc2)no1. The highest BCUT2D eigenvalue weighted by Crippen LogP contribution is 2.26. The molecule has 0 atom stereocenters. The van der Waals surface area contributed by atoms with E-state index in [9.17, 15) is 4.79 Å². The summed E-state index contributed by atoms with van der Waals surface area (Å²) in [6, 6.07) is 27.0. The van der Waals surface area contributed by atoms with Gasteiger partial charge >= 0.3 is 0 Å². The third kappa shape index (κ3) is 5.37. The van der Waals surface area contributed by atoms with E-state index in [1.54, 1.807) is 11.9 Å². The van der Waals surface area contributed by atoms with Gasteiger partial charge in [0.2, 0.25) is 17.6 Å². The first-order chi connectivity index (χ1) is 17.6. The third-order valence-electron chi connectivity index (χ3n) is 5.81. The van der Waals surface area contributed by atoms with E-state index in [1.807, 2.05) is 95.8 Å². The van der Waals surface area contributed by atoms with Crippen molar-refractivity contribution in [1.82, 2.24) is 24.8 Å². The molecule has 0 N–H and O–H groups in total. The number of amides is 1. The van der Waals surface area contributed by atoms with Gasteiger partial charge in [-0.1, -0.05) is 77.4 Å². The molecular formula is C28H24ClN5O2. The second-order valence-corrected chi connectivity index (χ2v) is 8.85. The van der Waals surface area contributed by atoms with Gasteiger partial charge in [-0.2, -0.15) is 10.1 Å². The number of para-hydroxylation sites is 1. The number of benzene rings is 3. The molecule has 0 spiro atoms. The molecule has 5 rings (SSSR count). The number of hydrogen-bond acceptors (Lipinski definition) is 5. The Hall–Kier alpha value is -4.23. The van der Waals surface area contributed by atoms with Crippen molar-refractivity contribution < 1.29 is 9.32 Å². The molecule has 180 valence electrons. The van der Waals surface area contributed by atoms with Gasteiger partial charge in [0.05, 0.1) is 11.4 Å². The van der Waals surface area contributed by atoms with Crippen molar-refractivity contribution in [3.63, 3.8) is 0 Å². The maximum absolute atomic E-state index is 13.0. The molecule has 0 bridgehead atoms. The van der Waals surface area contributed by atoms with Crippen LogP contribution in [0.4, 0.5) is 0 Å². The molecule has 0 saturated heterocycles. The highest BCUT2D eigenvalue weighted by Gasteiger charge is 2.18. The lowest BCUT2D eigenvalue weighted by atomic mass is 10.1. The molecule has 0 aliphatic rings. The first kappa shape index (κ1) is 23.5. The number of halogens is 1. The normalized spacial score (nSPS) is 10.9. The van der Waals surface area contributed by atoms with E-state index in [0.29, 0.717) is 29.7 Å². The zero-order valence-electron chi connectivity index (χ0n) is 19.7. The van der Waals surface area contributed by atoms with Crippen LogP contribution in [0.5, 0.6) is 0 Å². The van der Waals surface area contributed by atoms with Gasteiger partial charge in [0.15, 0.2) is 0 Å². The Morgan fingerprint density at radius 2 is 1.64 bits per heavy atom. The van der Waals surface area contributed by atoms with Crippen molar-refractivity contribution in [2.45, 2.75) is 19.4 Å². The number of nitrogens with zero attached hydrogens (tertiary/aromatic N) is 5. The van der Waals surface area contributed by atoms with E-state index in [0.717, 1.165) is 28.1 Å². The average molecular weight is 498 g/mol. The molecule has 0 radical (unpaired) electrons. The van der Waals surface area contributed by atoms with Gasteiger partial charge in [0, 0.05) is 54.3 Å². The Morgan fingerprint density at radius 1 is 0.944 bits per heavy atom. The zero-order chi connectivity index (χ0) is 24.9. The van der Waals surface area contributed by atoms with E-state index in [4.69, 9.17) is 21.2 Å². The maximum Gasteiger partial charge on any atom is 0.227 e. The molecule has 0 aliphatic carbocycles. The van der Waals surface area contributed by atoms with Crippen LogP contribution < -0.4 is 0 Å². The lowest BCUT2D eigenvalue weighted by molar-refractivity contribution is -0.130. The Labute approximate surface area is 214 Å². The zero-order valence-corrected chi connectivity index (χ0v) is 20.5.